The Labute approximate surface area is 113 Å². The van der Waals surface area contributed by atoms with Gasteiger partial charge in [-0.2, -0.15) is 4.98 Å². The summed E-state index contributed by atoms with van der Waals surface area (Å²) in [7, 11) is 0. The van der Waals surface area contributed by atoms with Crippen LogP contribution in [0.1, 0.15) is 48.0 Å². The molecule has 1 aromatic heterocycles. The molecule has 2 atom stereocenters. The van der Waals surface area contributed by atoms with Crippen LogP contribution >= 0.6 is 0 Å². The van der Waals surface area contributed by atoms with Crippen LogP contribution in [0.4, 0.5) is 0 Å². The van der Waals surface area contributed by atoms with E-state index in [0.717, 1.165) is 37.4 Å². The van der Waals surface area contributed by atoms with E-state index in [2.05, 4.69) is 41.3 Å². The highest BCUT2D eigenvalue weighted by molar-refractivity contribution is 5.24. The molecule has 1 saturated carbocycles. The maximum absolute atomic E-state index is 5.92. The molecule has 1 heterocycles. The molecule has 1 aliphatic rings. The summed E-state index contributed by atoms with van der Waals surface area (Å²) >= 11 is 0. The highest BCUT2D eigenvalue weighted by Gasteiger charge is 2.27. The first-order chi connectivity index (χ1) is 9.20. The predicted octanol–water partition coefficient (Wildman–Crippen LogP) is 2.56. The van der Waals surface area contributed by atoms with Crippen molar-refractivity contribution >= 4 is 0 Å². The lowest BCUT2D eigenvalue weighted by Gasteiger charge is -2.01. The van der Waals surface area contributed by atoms with Gasteiger partial charge >= 0.3 is 0 Å². The normalized spacial score (nSPS) is 22.8. The van der Waals surface area contributed by atoms with E-state index in [1.807, 2.05) is 0 Å². The summed E-state index contributed by atoms with van der Waals surface area (Å²) < 4.78 is 5.38. The first-order valence-corrected chi connectivity index (χ1v) is 6.84. The minimum atomic E-state index is 0.289. The summed E-state index contributed by atoms with van der Waals surface area (Å²) in [6.45, 7) is 2.09. The molecule has 1 aliphatic carbocycles. The summed E-state index contributed by atoms with van der Waals surface area (Å²) in [5, 5.41) is 4.08. The van der Waals surface area contributed by atoms with Gasteiger partial charge in [-0.1, -0.05) is 35.0 Å². The number of rotatable bonds is 3. The molecular formula is C15H19N3O. The standard InChI is InChI=1S/C15H19N3O/c1-10-3-2-4-11(7-10)8-14-17-15(19-18-14)12-5-6-13(16)9-12/h2-4,7,12-13H,5-6,8-9,16H2,1H3/t12-,13+/m1/s1. The Kier molecular flexibility index (Phi) is 3.34. The average molecular weight is 257 g/mol. The summed E-state index contributed by atoms with van der Waals surface area (Å²) in [6.07, 6.45) is 3.81. The number of hydrogen-bond acceptors (Lipinski definition) is 4. The third-order valence-electron chi connectivity index (χ3n) is 3.75. The molecule has 1 aromatic carbocycles. The molecule has 0 unspecified atom stereocenters. The van der Waals surface area contributed by atoms with Crippen LogP contribution in [0.2, 0.25) is 0 Å². The Balaban J connectivity index is 1.71. The van der Waals surface area contributed by atoms with E-state index >= 15 is 0 Å². The fraction of sp³-hybridized carbons (Fsp3) is 0.467. The van der Waals surface area contributed by atoms with Crippen molar-refractivity contribution in [2.24, 2.45) is 5.73 Å². The molecule has 100 valence electrons. The first-order valence-electron chi connectivity index (χ1n) is 6.84. The maximum atomic E-state index is 5.92. The topological polar surface area (TPSA) is 64.9 Å². The van der Waals surface area contributed by atoms with Gasteiger partial charge in [-0.05, 0) is 31.7 Å². The van der Waals surface area contributed by atoms with Crippen molar-refractivity contribution < 1.29 is 4.52 Å². The zero-order valence-electron chi connectivity index (χ0n) is 11.2. The van der Waals surface area contributed by atoms with Crippen LogP contribution < -0.4 is 5.73 Å². The number of aromatic nitrogens is 2. The minimum absolute atomic E-state index is 0.289. The monoisotopic (exact) mass is 257 g/mol. The van der Waals surface area contributed by atoms with Gasteiger partial charge in [0.25, 0.3) is 0 Å². The summed E-state index contributed by atoms with van der Waals surface area (Å²) in [6, 6.07) is 8.68. The van der Waals surface area contributed by atoms with Gasteiger partial charge in [-0.15, -0.1) is 0 Å². The van der Waals surface area contributed by atoms with Gasteiger partial charge in [0, 0.05) is 18.4 Å². The van der Waals surface area contributed by atoms with Crippen molar-refractivity contribution in [1.82, 2.24) is 10.1 Å². The SMILES string of the molecule is Cc1cccc(Cc2noc([C@@H]3CC[C@H](N)C3)n2)c1. The molecule has 0 aliphatic heterocycles. The maximum Gasteiger partial charge on any atom is 0.229 e. The predicted molar refractivity (Wildman–Crippen MR) is 72.9 cm³/mol. The van der Waals surface area contributed by atoms with Crippen LogP contribution in [-0.4, -0.2) is 16.2 Å². The lowest BCUT2D eigenvalue weighted by Crippen LogP contribution is -2.14. The van der Waals surface area contributed by atoms with Gasteiger partial charge in [0.1, 0.15) is 0 Å². The molecule has 4 nitrogen and oxygen atoms in total. The zero-order valence-corrected chi connectivity index (χ0v) is 11.2. The van der Waals surface area contributed by atoms with E-state index in [0.29, 0.717) is 5.92 Å². The minimum Gasteiger partial charge on any atom is -0.339 e. The van der Waals surface area contributed by atoms with E-state index in [-0.39, 0.29) is 6.04 Å². The Hall–Kier alpha value is -1.68. The molecular weight excluding hydrogens is 238 g/mol. The second-order valence-corrected chi connectivity index (χ2v) is 5.48. The number of nitrogens with zero attached hydrogens (tertiary/aromatic N) is 2. The third-order valence-corrected chi connectivity index (χ3v) is 3.75. The number of hydrogen-bond donors (Lipinski definition) is 1. The van der Waals surface area contributed by atoms with Crippen LogP contribution in [0.25, 0.3) is 0 Å². The molecule has 1 fully saturated rings. The molecule has 4 heteroatoms. The number of aryl methyl sites for hydroxylation is 1. The highest BCUT2D eigenvalue weighted by Crippen LogP contribution is 2.32. The Morgan fingerprint density at radius 3 is 3.00 bits per heavy atom. The van der Waals surface area contributed by atoms with Crippen molar-refractivity contribution in [3.63, 3.8) is 0 Å². The third kappa shape index (κ3) is 2.84. The molecule has 2 N–H and O–H groups in total. The van der Waals surface area contributed by atoms with Crippen LogP contribution in [0.15, 0.2) is 28.8 Å². The summed E-state index contributed by atoms with van der Waals surface area (Å²) in [4.78, 5) is 4.52. The van der Waals surface area contributed by atoms with E-state index in [4.69, 9.17) is 10.3 Å². The van der Waals surface area contributed by atoms with Crippen molar-refractivity contribution in [3.05, 3.63) is 47.1 Å². The zero-order chi connectivity index (χ0) is 13.2. The molecule has 0 saturated heterocycles. The van der Waals surface area contributed by atoms with Crippen LogP contribution in [0.3, 0.4) is 0 Å². The van der Waals surface area contributed by atoms with Crippen LogP contribution in [-0.2, 0) is 6.42 Å². The van der Waals surface area contributed by atoms with Gasteiger partial charge in [0.15, 0.2) is 5.82 Å². The van der Waals surface area contributed by atoms with E-state index in [1.54, 1.807) is 0 Å². The average Bonchev–Trinajstić information content (AvgIpc) is 2.98. The molecule has 0 spiro atoms. The number of nitrogens with two attached hydrogens (primary N) is 1. The van der Waals surface area contributed by atoms with Crippen molar-refractivity contribution in [2.45, 2.75) is 44.6 Å². The Morgan fingerprint density at radius 2 is 2.26 bits per heavy atom. The van der Waals surface area contributed by atoms with Crippen LogP contribution in [0, 0.1) is 6.92 Å². The molecule has 0 amide bonds. The highest BCUT2D eigenvalue weighted by atomic mass is 16.5. The molecule has 2 aromatic rings. The summed E-state index contributed by atoms with van der Waals surface area (Å²) in [5.74, 6) is 1.88. The molecule has 19 heavy (non-hydrogen) atoms. The van der Waals surface area contributed by atoms with Gasteiger partial charge in [0.05, 0.1) is 0 Å². The quantitative estimate of drug-likeness (QED) is 0.917. The van der Waals surface area contributed by atoms with E-state index in [9.17, 15) is 0 Å². The summed E-state index contributed by atoms with van der Waals surface area (Å²) in [5.41, 5.74) is 8.39. The van der Waals surface area contributed by atoms with Gasteiger partial charge in [0.2, 0.25) is 5.89 Å². The fourth-order valence-electron chi connectivity index (χ4n) is 2.75. The van der Waals surface area contributed by atoms with Crippen molar-refractivity contribution in [3.8, 4) is 0 Å². The van der Waals surface area contributed by atoms with E-state index in [1.165, 1.54) is 11.1 Å². The van der Waals surface area contributed by atoms with E-state index < -0.39 is 0 Å². The molecule has 3 rings (SSSR count). The Bertz CT molecular complexity index is 564. The first kappa shape index (κ1) is 12.4. The lowest BCUT2D eigenvalue weighted by molar-refractivity contribution is 0.350. The second-order valence-electron chi connectivity index (χ2n) is 5.48. The fourth-order valence-corrected chi connectivity index (χ4v) is 2.75. The lowest BCUT2D eigenvalue weighted by atomic mass is 10.1. The van der Waals surface area contributed by atoms with Crippen molar-refractivity contribution in [1.29, 1.82) is 0 Å². The largest absolute Gasteiger partial charge is 0.339 e. The Morgan fingerprint density at radius 1 is 1.37 bits per heavy atom. The van der Waals surface area contributed by atoms with Crippen LogP contribution in [0.5, 0.6) is 0 Å². The molecule has 0 bridgehead atoms. The second kappa shape index (κ2) is 5.13. The van der Waals surface area contributed by atoms with Gasteiger partial charge in [-0.3, -0.25) is 0 Å². The molecule has 0 radical (unpaired) electrons. The van der Waals surface area contributed by atoms with Crippen molar-refractivity contribution in [2.75, 3.05) is 0 Å². The van der Waals surface area contributed by atoms with Gasteiger partial charge in [-0.25, -0.2) is 0 Å². The van der Waals surface area contributed by atoms with Gasteiger partial charge < -0.3 is 10.3 Å². The number of benzene rings is 1. The smallest absolute Gasteiger partial charge is 0.229 e.